The number of amides is 1. The highest BCUT2D eigenvalue weighted by molar-refractivity contribution is 7.88. The van der Waals surface area contributed by atoms with Crippen LogP contribution in [0, 0.1) is 5.92 Å². The van der Waals surface area contributed by atoms with Crippen LogP contribution in [-0.2, 0) is 10.0 Å². The van der Waals surface area contributed by atoms with E-state index in [1.54, 1.807) is 29.2 Å². The molecule has 1 aliphatic rings. The molecule has 22 heavy (non-hydrogen) atoms. The van der Waals surface area contributed by atoms with Gasteiger partial charge < -0.3 is 10.6 Å². The van der Waals surface area contributed by atoms with E-state index in [9.17, 15) is 13.2 Å². The molecule has 2 rings (SSSR count). The fraction of sp³-hybridized carbons (Fsp3) is 0.500. The molecular formula is C14H22ClN3O3S. The summed E-state index contributed by atoms with van der Waals surface area (Å²) in [5, 5.41) is 0. The zero-order chi connectivity index (χ0) is 15.5. The predicted octanol–water partition coefficient (Wildman–Crippen LogP) is 1.09. The number of rotatable bonds is 4. The molecule has 1 atom stereocenters. The number of anilines is 1. The third-order valence-corrected chi connectivity index (χ3v) is 4.27. The fourth-order valence-electron chi connectivity index (χ4n) is 2.54. The van der Waals surface area contributed by atoms with Crippen LogP contribution < -0.4 is 10.5 Å². The number of carbonyl (C=O) groups excluding carboxylic acids is 1. The maximum atomic E-state index is 12.4. The second-order valence-corrected chi connectivity index (χ2v) is 7.34. The summed E-state index contributed by atoms with van der Waals surface area (Å²) < 4.78 is 24.8. The highest BCUT2D eigenvalue weighted by Crippen LogP contribution is 2.19. The van der Waals surface area contributed by atoms with E-state index in [2.05, 4.69) is 4.72 Å². The Morgan fingerprint density at radius 1 is 1.45 bits per heavy atom. The van der Waals surface area contributed by atoms with Crippen LogP contribution in [-0.4, -0.2) is 45.1 Å². The molecular weight excluding hydrogens is 326 g/mol. The van der Waals surface area contributed by atoms with E-state index in [0.29, 0.717) is 30.9 Å². The highest BCUT2D eigenvalue weighted by atomic mass is 35.5. The molecule has 1 aromatic carbocycles. The molecule has 1 aromatic rings. The second kappa shape index (κ2) is 7.80. The normalized spacial score (nSPS) is 18.6. The number of halogens is 1. The summed E-state index contributed by atoms with van der Waals surface area (Å²) in [4.78, 5) is 14.2. The second-order valence-electron chi connectivity index (χ2n) is 5.51. The molecule has 3 N–H and O–H groups in total. The summed E-state index contributed by atoms with van der Waals surface area (Å²) in [7, 11) is -3.19. The maximum absolute atomic E-state index is 12.4. The molecule has 6 nitrogen and oxygen atoms in total. The van der Waals surface area contributed by atoms with Crippen molar-refractivity contribution in [3.05, 3.63) is 29.8 Å². The van der Waals surface area contributed by atoms with Gasteiger partial charge in [-0.2, -0.15) is 0 Å². The van der Waals surface area contributed by atoms with Crippen molar-refractivity contribution in [1.29, 1.82) is 0 Å². The highest BCUT2D eigenvalue weighted by Gasteiger charge is 2.25. The van der Waals surface area contributed by atoms with Crippen LogP contribution in [0.3, 0.4) is 0 Å². The summed E-state index contributed by atoms with van der Waals surface area (Å²) in [6.07, 6.45) is 2.94. The van der Waals surface area contributed by atoms with Crippen LogP contribution in [0.15, 0.2) is 24.3 Å². The third kappa shape index (κ3) is 5.47. The number of carbonyl (C=O) groups is 1. The predicted molar refractivity (Wildman–Crippen MR) is 89.6 cm³/mol. The zero-order valence-corrected chi connectivity index (χ0v) is 14.1. The zero-order valence-electron chi connectivity index (χ0n) is 12.5. The molecule has 1 fully saturated rings. The van der Waals surface area contributed by atoms with Crippen molar-refractivity contribution in [2.75, 3.05) is 31.6 Å². The van der Waals surface area contributed by atoms with Gasteiger partial charge in [-0.1, -0.05) is 6.07 Å². The fourth-order valence-corrected chi connectivity index (χ4v) is 3.08. The van der Waals surface area contributed by atoms with E-state index >= 15 is 0 Å². The van der Waals surface area contributed by atoms with E-state index in [1.807, 2.05) is 0 Å². The van der Waals surface area contributed by atoms with Gasteiger partial charge in [-0.05, 0) is 37.0 Å². The van der Waals surface area contributed by atoms with Crippen molar-refractivity contribution in [3.8, 4) is 0 Å². The largest absolute Gasteiger partial charge is 0.399 e. The number of hydrogen-bond acceptors (Lipinski definition) is 4. The van der Waals surface area contributed by atoms with Crippen molar-refractivity contribution in [2.45, 2.75) is 12.8 Å². The first-order chi connectivity index (χ1) is 9.85. The number of hydrogen-bond donors (Lipinski definition) is 2. The Morgan fingerprint density at radius 3 is 2.82 bits per heavy atom. The van der Waals surface area contributed by atoms with E-state index in [1.165, 1.54) is 0 Å². The molecule has 0 aromatic heterocycles. The van der Waals surface area contributed by atoms with E-state index in [-0.39, 0.29) is 24.2 Å². The molecule has 1 aliphatic heterocycles. The number of likely N-dealkylation sites (tertiary alicyclic amines) is 1. The minimum Gasteiger partial charge on any atom is -0.399 e. The van der Waals surface area contributed by atoms with Gasteiger partial charge in [0.25, 0.3) is 5.91 Å². The summed E-state index contributed by atoms with van der Waals surface area (Å²) in [5.74, 6) is 0.102. The average Bonchev–Trinajstić information content (AvgIpc) is 2.44. The van der Waals surface area contributed by atoms with Crippen LogP contribution in [0.5, 0.6) is 0 Å². The number of nitrogens with two attached hydrogens (primary N) is 1. The molecule has 0 spiro atoms. The van der Waals surface area contributed by atoms with Gasteiger partial charge in [0.05, 0.1) is 6.26 Å². The van der Waals surface area contributed by atoms with Crippen molar-refractivity contribution < 1.29 is 13.2 Å². The van der Waals surface area contributed by atoms with Crippen molar-refractivity contribution in [1.82, 2.24) is 9.62 Å². The molecule has 0 aliphatic carbocycles. The van der Waals surface area contributed by atoms with Crippen molar-refractivity contribution in [2.24, 2.45) is 5.92 Å². The standard InChI is InChI=1S/C14H21N3O3S.ClH/c1-21(19,20)16-9-11-4-3-7-17(10-11)14(18)12-5-2-6-13(15)8-12;/h2,5-6,8,11,16H,3-4,7,9-10,15H2,1H3;1H. The first-order valence-corrected chi connectivity index (χ1v) is 8.84. The molecule has 1 unspecified atom stereocenters. The van der Waals surface area contributed by atoms with Gasteiger partial charge in [-0.15, -0.1) is 12.4 Å². The molecule has 0 radical (unpaired) electrons. The first kappa shape index (κ1) is 18.7. The monoisotopic (exact) mass is 347 g/mol. The van der Waals surface area contributed by atoms with E-state index in [0.717, 1.165) is 19.1 Å². The lowest BCUT2D eigenvalue weighted by Gasteiger charge is -2.32. The topological polar surface area (TPSA) is 92.5 Å². The Kier molecular flexibility index (Phi) is 6.65. The lowest BCUT2D eigenvalue weighted by atomic mass is 9.97. The third-order valence-electron chi connectivity index (χ3n) is 3.57. The molecule has 1 saturated heterocycles. The Bertz CT molecular complexity index is 622. The minimum atomic E-state index is -3.19. The van der Waals surface area contributed by atoms with Crippen LogP contribution in [0.2, 0.25) is 0 Å². The smallest absolute Gasteiger partial charge is 0.253 e. The number of piperidine rings is 1. The molecule has 8 heteroatoms. The average molecular weight is 348 g/mol. The first-order valence-electron chi connectivity index (χ1n) is 6.94. The van der Waals surface area contributed by atoms with E-state index in [4.69, 9.17) is 5.73 Å². The summed E-state index contributed by atoms with van der Waals surface area (Å²) >= 11 is 0. The Morgan fingerprint density at radius 2 is 2.18 bits per heavy atom. The molecule has 0 bridgehead atoms. The quantitative estimate of drug-likeness (QED) is 0.797. The molecule has 0 saturated carbocycles. The number of nitrogens with one attached hydrogen (secondary N) is 1. The minimum absolute atomic E-state index is 0. The van der Waals surface area contributed by atoms with Gasteiger partial charge in [-0.25, -0.2) is 13.1 Å². The molecule has 1 amide bonds. The summed E-state index contributed by atoms with van der Waals surface area (Å²) in [6, 6.07) is 6.92. The van der Waals surface area contributed by atoms with Crippen LogP contribution in [0.25, 0.3) is 0 Å². The van der Waals surface area contributed by atoms with Crippen LogP contribution in [0.4, 0.5) is 5.69 Å². The van der Waals surface area contributed by atoms with Gasteiger partial charge in [-0.3, -0.25) is 4.79 Å². The van der Waals surface area contributed by atoms with Crippen molar-refractivity contribution >= 4 is 34.0 Å². The number of sulfonamides is 1. The number of nitrogens with zero attached hydrogens (tertiary/aromatic N) is 1. The van der Waals surface area contributed by atoms with Gasteiger partial charge in [0.2, 0.25) is 10.0 Å². The van der Waals surface area contributed by atoms with Gasteiger partial charge in [0.15, 0.2) is 0 Å². The van der Waals surface area contributed by atoms with Crippen molar-refractivity contribution in [3.63, 3.8) is 0 Å². The molecule has 124 valence electrons. The maximum Gasteiger partial charge on any atom is 0.253 e. The van der Waals surface area contributed by atoms with Gasteiger partial charge in [0, 0.05) is 30.9 Å². The summed E-state index contributed by atoms with van der Waals surface area (Å²) in [5.41, 5.74) is 6.84. The Hall–Kier alpha value is -1.31. The summed E-state index contributed by atoms with van der Waals surface area (Å²) in [6.45, 7) is 1.64. The Labute approximate surface area is 137 Å². The van der Waals surface area contributed by atoms with Crippen LogP contribution in [0.1, 0.15) is 23.2 Å². The van der Waals surface area contributed by atoms with Gasteiger partial charge in [0.1, 0.15) is 0 Å². The van der Waals surface area contributed by atoms with E-state index < -0.39 is 10.0 Å². The number of benzene rings is 1. The van der Waals surface area contributed by atoms with Gasteiger partial charge >= 0.3 is 0 Å². The number of nitrogen functional groups attached to an aromatic ring is 1. The van der Waals surface area contributed by atoms with Crippen LogP contribution >= 0.6 is 12.4 Å². The SMILES string of the molecule is CS(=O)(=O)NCC1CCCN(C(=O)c2cccc(N)c2)C1.Cl. The molecule has 1 heterocycles. The lowest BCUT2D eigenvalue weighted by Crippen LogP contribution is -2.43. The Balaban J connectivity index is 0.00000242. The lowest BCUT2D eigenvalue weighted by molar-refractivity contribution is 0.0676.